The molecule has 1 N–H and O–H groups in total. The maximum Gasteiger partial charge on any atom is 0.317 e. The van der Waals surface area contributed by atoms with Crippen molar-refractivity contribution in [1.29, 1.82) is 0 Å². The molecule has 8 heteroatoms. The molecule has 0 saturated carbocycles. The molecule has 1 saturated heterocycles. The van der Waals surface area contributed by atoms with Gasteiger partial charge in [0.25, 0.3) is 0 Å². The smallest absolute Gasteiger partial charge is 0.317 e. The number of piperidine rings is 1. The number of hydrogen-bond donors (Lipinski definition) is 1. The second-order valence-corrected chi connectivity index (χ2v) is 6.67. The molecule has 138 valence electrons. The molecular weight excluding hydrogens is 332 g/mol. The molecule has 0 amide bonds. The summed E-state index contributed by atoms with van der Waals surface area (Å²) in [5, 5.41) is 13.0. The molecule has 1 aliphatic rings. The number of rotatable bonds is 8. The fourth-order valence-electron chi connectivity index (χ4n) is 3.11. The number of hydrogen-bond acceptors (Lipinski definition) is 6. The molecule has 1 aromatic heterocycles. The van der Waals surface area contributed by atoms with Gasteiger partial charge in [0.2, 0.25) is 5.89 Å². The highest BCUT2D eigenvalue weighted by Crippen LogP contribution is 2.18. The van der Waals surface area contributed by atoms with Crippen LogP contribution < -0.4 is 0 Å². The summed E-state index contributed by atoms with van der Waals surface area (Å²) >= 11 is 0. The summed E-state index contributed by atoms with van der Waals surface area (Å²) in [5.41, 5.74) is 0. The zero-order valence-electron chi connectivity index (χ0n) is 14.8. The predicted octanol–water partition coefficient (Wildman–Crippen LogP) is 2.06. The SMILES string of the molecule is CCN(CC(=O)O)C1CCN(Cc2nc(CC(C)C)no2)CC1.Cl. The minimum Gasteiger partial charge on any atom is -0.480 e. The molecule has 7 nitrogen and oxygen atoms in total. The first kappa shape index (κ1) is 20.9. The standard InChI is InChI=1S/C16H28N4O3.ClH/c1-4-20(11-16(21)22)13-5-7-19(8-6-13)10-15-17-14(18-23-15)9-12(2)3;/h12-13H,4-11H2,1-3H3,(H,21,22);1H. The summed E-state index contributed by atoms with van der Waals surface area (Å²) in [6, 6.07) is 0.353. The van der Waals surface area contributed by atoms with Crippen molar-refractivity contribution in [2.24, 2.45) is 5.92 Å². The van der Waals surface area contributed by atoms with E-state index in [9.17, 15) is 4.79 Å². The minimum absolute atomic E-state index is 0. The van der Waals surface area contributed by atoms with E-state index < -0.39 is 5.97 Å². The number of halogens is 1. The van der Waals surface area contributed by atoms with Gasteiger partial charge in [-0.1, -0.05) is 25.9 Å². The van der Waals surface area contributed by atoms with Gasteiger partial charge in [0.1, 0.15) is 0 Å². The van der Waals surface area contributed by atoms with Crippen LogP contribution in [0.3, 0.4) is 0 Å². The van der Waals surface area contributed by atoms with Gasteiger partial charge in [0.15, 0.2) is 5.82 Å². The van der Waals surface area contributed by atoms with Crippen LogP contribution in [0.5, 0.6) is 0 Å². The van der Waals surface area contributed by atoms with Crippen molar-refractivity contribution in [2.45, 2.75) is 52.6 Å². The lowest BCUT2D eigenvalue weighted by Gasteiger charge is -2.36. The molecule has 0 spiro atoms. The van der Waals surface area contributed by atoms with E-state index in [2.05, 4.69) is 28.9 Å². The van der Waals surface area contributed by atoms with E-state index in [-0.39, 0.29) is 19.0 Å². The average Bonchev–Trinajstić information content (AvgIpc) is 2.91. The lowest BCUT2D eigenvalue weighted by Crippen LogP contribution is -2.46. The zero-order chi connectivity index (χ0) is 16.8. The summed E-state index contributed by atoms with van der Waals surface area (Å²) in [6.07, 6.45) is 2.80. The monoisotopic (exact) mass is 360 g/mol. The Balaban J connectivity index is 0.00000288. The lowest BCUT2D eigenvalue weighted by atomic mass is 10.0. The highest BCUT2D eigenvalue weighted by Gasteiger charge is 2.25. The van der Waals surface area contributed by atoms with Gasteiger partial charge in [-0.25, -0.2) is 0 Å². The second-order valence-electron chi connectivity index (χ2n) is 6.67. The molecule has 0 radical (unpaired) electrons. The summed E-state index contributed by atoms with van der Waals surface area (Å²) in [5.74, 6) is 1.23. The number of likely N-dealkylation sites (N-methyl/N-ethyl adjacent to an activating group) is 1. The van der Waals surface area contributed by atoms with Gasteiger partial charge in [-0.15, -0.1) is 12.4 Å². The quantitative estimate of drug-likeness (QED) is 0.759. The van der Waals surface area contributed by atoms with Crippen LogP contribution in [0, 0.1) is 5.92 Å². The van der Waals surface area contributed by atoms with E-state index in [4.69, 9.17) is 9.63 Å². The van der Waals surface area contributed by atoms with Crippen LogP contribution in [-0.4, -0.2) is 63.2 Å². The Kier molecular flexibility index (Phi) is 8.66. The van der Waals surface area contributed by atoms with E-state index in [0.29, 0.717) is 24.4 Å². The molecule has 1 fully saturated rings. The number of likely N-dealkylation sites (tertiary alicyclic amines) is 1. The van der Waals surface area contributed by atoms with Gasteiger partial charge in [-0.05, 0) is 25.3 Å². The Morgan fingerprint density at radius 2 is 2.08 bits per heavy atom. The van der Waals surface area contributed by atoms with Crippen LogP contribution in [0.2, 0.25) is 0 Å². The highest BCUT2D eigenvalue weighted by atomic mass is 35.5. The molecule has 0 atom stereocenters. The minimum atomic E-state index is -0.752. The van der Waals surface area contributed by atoms with Crippen molar-refractivity contribution < 1.29 is 14.4 Å². The third-order valence-corrected chi connectivity index (χ3v) is 4.28. The van der Waals surface area contributed by atoms with Gasteiger partial charge in [0, 0.05) is 25.6 Å². The zero-order valence-corrected chi connectivity index (χ0v) is 15.6. The average molecular weight is 361 g/mol. The van der Waals surface area contributed by atoms with E-state index >= 15 is 0 Å². The molecule has 0 aromatic carbocycles. The molecule has 2 rings (SSSR count). The third-order valence-electron chi connectivity index (χ3n) is 4.28. The molecule has 1 aromatic rings. The van der Waals surface area contributed by atoms with Crippen LogP contribution >= 0.6 is 12.4 Å². The molecule has 1 aliphatic heterocycles. The number of carboxylic acid groups (broad SMARTS) is 1. The van der Waals surface area contributed by atoms with Crippen molar-refractivity contribution in [3.05, 3.63) is 11.7 Å². The van der Waals surface area contributed by atoms with E-state index in [1.165, 1.54) is 0 Å². The molecular formula is C16H29ClN4O3. The molecule has 0 bridgehead atoms. The first-order valence-corrected chi connectivity index (χ1v) is 8.47. The van der Waals surface area contributed by atoms with Crippen molar-refractivity contribution >= 4 is 18.4 Å². The molecule has 24 heavy (non-hydrogen) atoms. The van der Waals surface area contributed by atoms with Crippen LogP contribution in [0.15, 0.2) is 4.52 Å². The molecule has 0 unspecified atom stereocenters. The van der Waals surface area contributed by atoms with Gasteiger partial charge < -0.3 is 9.63 Å². The highest BCUT2D eigenvalue weighted by molar-refractivity contribution is 5.85. The van der Waals surface area contributed by atoms with Gasteiger partial charge in [-0.2, -0.15) is 4.98 Å². The molecule has 0 aliphatic carbocycles. The number of aliphatic carboxylic acids is 1. The van der Waals surface area contributed by atoms with Crippen LogP contribution in [-0.2, 0) is 17.8 Å². The largest absolute Gasteiger partial charge is 0.480 e. The fraction of sp³-hybridized carbons (Fsp3) is 0.812. The summed E-state index contributed by atoms with van der Waals surface area (Å²) < 4.78 is 5.33. The third kappa shape index (κ3) is 6.37. The summed E-state index contributed by atoms with van der Waals surface area (Å²) in [4.78, 5) is 19.7. The Morgan fingerprint density at radius 3 is 2.62 bits per heavy atom. The van der Waals surface area contributed by atoms with E-state index in [1.807, 2.05) is 11.8 Å². The predicted molar refractivity (Wildman–Crippen MR) is 93.3 cm³/mol. The summed E-state index contributed by atoms with van der Waals surface area (Å²) in [7, 11) is 0. The molecule has 2 heterocycles. The summed E-state index contributed by atoms with van der Waals surface area (Å²) in [6.45, 7) is 9.75. The first-order chi connectivity index (χ1) is 11.0. The van der Waals surface area contributed by atoms with Crippen molar-refractivity contribution in [1.82, 2.24) is 19.9 Å². The van der Waals surface area contributed by atoms with Crippen LogP contribution in [0.4, 0.5) is 0 Å². The Bertz CT molecular complexity index is 501. The number of nitrogens with zero attached hydrogens (tertiary/aromatic N) is 4. The van der Waals surface area contributed by atoms with E-state index in [1.54, 1.807) is 0 Å². The number of carbonyl (C=O) groups is 1. The maximum absolute atomic E-state index is 10.9. The fourth-order valence-corrected chi connectivity index (χ4v) is 3.11. The van der Waals surface area contributed by atoms with Gasteiger partial charge in [0.05, 0.1) is 13.1 Å². The lowest BCUT2D eigenvalue weighted by molar-refractivity contribution is -0.139. The van der Waals surface area contributed by atoms with E-state index in [0.717, 1.165) is 44.7 Å². The Hall–Kier alpha value is -1.18. The van der Waals surface area contributed by atoms with Crippen LogP contribution in [0.25, 0.3) is 0 Å². The Morgan fingerprint density at radius 1 is 1.42 bits per heavy atom. The number of carboxylic acids is 1. The maximum atomic E-state index is 10.9. The first-order valence-electron chi connectivity index (χ1n) is 8.47. The van der Waals surface area contributed by atoms with Crippen molar-refractivity contribution in [2.75, 3.05) is 26.2 Å². The normalized spacial score (nSPS) is 16.5. The Labute approximate surface area is 149 Å². The topological polar surface area (TPSA) is 82.7 Å². The second kappa shape index (κ2) is 9.96. The van der Waals surface area contributed by atoms with Crippen molar-refractivity contribution in [3.8, 4) is 0 Å². The van der Waals surface area contributed by atoms with Crippen LogP contribution in [0.1, 0.15) is 45.3 Å². The van der Waals surface area contributed by atoms with Gasteiger partial charge >= 0.3 is 5.97 Å². The van der Waals surface area contributed by atoms with Crippen molar-refractivity contribution in [3.63, 3.8) is 0 Å². The number of aromatic nitrogens is 2. The van der Waals surface area contributed by atoms with Gasteiger partial charge in [-0.3, -0.25) is 14.6 Å².